The van der Waals surface area contributed by atoms with Crippen molar-refractivity contribution in [3.63, 3.8) is 0 Å². The monoisotopic (exact) mass is 546 g/mol. The molecule has 1 aliphatic rings. The van der Waals surface area contributed by atoms with E-state index in [-0.39, 0.29) is 29.0 Å². The molecule has 1 amide bonds. The summed E-state index contributed by atoms with van der Waals surface area (Å²) in [4.78, 5) is 15.1. The summed E-state index contributed by atoms with van der Waals surface area (Å²) in [6.07, 6.45) is -3.57. The van der Waals surface area contributed by atoms with E-state index >= 15 is 0 Å². The standard InChI is InChI=1S/C28H29F3N2O4S/c1-3-38(35,36)24-11-4-19(5-12-24)17-32-27(34)21-8-13-25(26(16-21)37-2)33-15-14-22(18-33)20-6-9-23(10-7-20)28(29,30)31/h4-13,16,22H,3,14-15,17-18H2,1-2H3,(H,32,34). The Morgan fingerprint density at radius 3 is 2.34 bits per heavy atom. The van der Waals surface area contributed by atoms with E-state index in [1.165, 1.54) is 31.4 Å². The van der Waals surface area contributed by atoms with Gasteiger partial charge in [-0.3, -0.25) is 4.79 Å². The SMILES string of the molecule is CCS(=O)(=O)c1ccc(CNC(=O)c2ccc(N3CCC(c4ccc(C(F)(F)F)cc4)C3)c(OC)c2)cc1. The van der Waals surface area contributed by atoms with Crippen LogP contribution in [0.25, 0.3) is 0 Å². The molecule has 1 saturated heterocycles. The van der Waals surface area contributed by atoms with Gasteiger partial charge in [-0.05, 0) is 60.0 Å². The lowest BCUT2D eigenvalue weighted by Crippen LogP contribution is -2.24. The molecule has 4 rings (SSSR count). The van der Waals surface area contributed by atoms with Crippen LogP contribution in [0.2, 0.25) is 0 Å². The van der Waals surface area contributed by atoms with E-state index < -0.39 is 21.6 Å². The third kappa shape index (κ3) is 6.12. The van der Waals surface area contributed by atoms with E-state index in [9.17, 15) is 26.4 Å². The fourth-order valence-electron chi connectivity index (χ4n) is 4.54. The molecular weight excluding hydrogens is 517 g/mol. The number of sulfone groups is 1. The second kappa shape index (κ2) is 11.1. The minimum absolute atomic E-state index is 0.0219. The van der Waals surface area contributed by atoms with Gasteiger partial charge >= 0.3 is 6.18 Å². The minimum atomic E-state index is -4.36. The van der Waals surface area contributed by atoms with Crippen molar-refractivity contribution in [2.45, 2.75) is 36.9 Å². The van der Waals surface area contributed by atoms with Crippen LogP contribution in [-0.2, 0) is 22.6 Å². The molecule has 38 heavy (non-hydrogen) atoms. The van der Waals surface area contributed by atoms with E-state index in [4.69, 9.17) is 4.74 Å². The average molecular weight is 547 g/mol. The Balaban J connectivity index is 1.40. The number of carbonyl (C=O) groups excluding carboxylic acids is 1. The summed E-state index contributed by atoms with van der Waals surface area (Å²) in [6, 6.07) is 16.9. The molecular formula is C28H29F3N2O4S. The highest BCUT2D eigenvalue weighted by atomic mass is 32.2. The lowest BCUT2D eigenvalue weighted by molar-refractivity contribution is -0.137. The van der Waals surface area contributed by atoms with Gasteiger partial charge in [-0.15, -0.1) is 0 Å². The van der Waals surface area contributed by atoms with Gasteiger partial charge in [-0.2, -0.15) is 13.2 Å². The molecule has 1 aliphatic heterocycles. The second-order valence-electron chi connectivity index (χ2n) is 9.17. The van der Waals surface area contributed by atoms with Crippen molar-refractivity contribution in [2.24, 2.45) is 0 Å². The number of anilines is 1. The third-order valence-electron chi connectivity index (χ3n) is 6.80. The molecule has 1 fully saturated rings. The van der Waals surface area contributed by atoms with Crippen LogP contribution < -0.4 is 15.0 Å². The van der Waals surface area contributed by atoms with Gasteiger partial charge in [-0.1, -0.05) is 31.2 Å². The number of methoxy groups -OCH3 is 1. The average Bonchev–Trinajstić information content (AvgIpc) is 3.41. The number of rotatable bonds is 8. The largest absolute Gasteiger partial charge is 0.495 e. The molecule has 3 aromatic carbocycles. The van der Waals surface area contributed by atoms with Crippen LogP contribution in [0.15, 0.2) is 71.6 Å². The predicted molar refractivity (Wildman–Crippen MR) is 139 cm³/mol. The summed E-state index contributed by atoms with van der Waals surface area (Å²) in [5, 5.41) is 2.83. The first-order valence-corrected chi connectivity index (χ1v) is 13.9. The Kier molecular flexibility index (Phi) is 8.01. The van der Waals surface area contributed by atoms with Crippen LogP contribution >= 0.6 is 0 Å². The molecule has 3 aromatic rings. The van der Waals surface area contributed by atoms with Crippen molar-refractivity contribution in [1.82, 2.24) is 5.32 Å². The van der Waals surface area contributed by atoms with Gasteiger partial charge in [0, 0.05) is 31.1 Å². The smallest absolute Gasteiger partial charge is 0.416 e. The molecule has 1 atom stereocenters. The van der Waals surface area contributed by atoms with E-state index in [0.717, 1.165) is 35.4 Å². The van der Waals surface area contributed by atoms with Crippen LogP contribution in [0.5, 0.6) is 5.75 Å². The number of nitrogens with one attached hydrogen (secondary N) is 1. The van der Waals surface area contributed by atoms with Crippen molar-refractivity contribution in [3.05, 3.63) is 89.0 Å². The molecule has 1 heterocycles. The van der Waals surface area contributed by atoms with Crippen molar-refractivity contribution < 1.29 is 31.1 Å². The van der Waals surface area contributed by atoms with Crippen LogP contribution in [0.4, 0.5) is 18.9 Å². The zero-order valence-electron chi connectivity index (χ0n) is 21.1. The Morgan fingerprint density at radius 1 is 1.05 bits per heavy atom. The van der Waals surface area contributed by atoms with E-state index in [1.807, 2.05) is 6.07 Å². The van der Waals surface area contributed by atoms with Gasteiger partial charge in [0.25, 0.3) is 5.91 Å². The fourth-order valence-corrected chi connectivity index (χ4v) is 5.43. The summed E-state index contributed by atoms with van der Waals surface area (Å²) in [7, 11) is -1.76. The van der Waals surface area contributed by atoms with Gasteiger partial charge in [0.05, 0.1) is 29.0 Å². The van der Waals surface area contributed by atoms with Crippen LogP contribution in [0.3, 0.4) is 0 Å². The number of benzene rings is 3. The minimum Gasteiger partial charge on any atom is -0.495 e. The van der Waals surface area contributed by atoms with Gasteiger partial charge in [0.2, 0.25) is 0 Å². The van der Waals surface area contributed by atoms with Gasteiger partial charge in [0.15, 0.2) is 9.84 Å². The number of amides is 1. The molecule has 1 unspecified atom stereocenters. The highest BCUT2D eigenvalue weighted by Crippen LogP contribution is 2.37. The quantitative estimate of drug-likeness (QED) is 0.408. The van der Waals surface area contributed by atoms with E-state index in [2.05, 4.69) is 10.2 Å². The third-order valence-corrected chi connectivity index (χ3v) is 8.55. The van der Waals surface area contributed by atoms with Crippen molar-refractivity contribution in [2.75, 3.05) is 30.9 Å². The van der Waals surface area contributed by atoms with Crippen LogP contribution in [-0.4, -0.2) is 40.3 Å². The first kappa shape index (κ1) is 27.5. The maximum atomic E-state index is 12.9. The summed E-state index contributed by atoms with van der Waals surface area (Å²) in [5.41, 5.74) is 2.19. The van der Waals surface area contributed by atoms with Crippen molar-refractivity contribution >= 4 is 21.4 Å². The summed E-state index contributed by atoms with van der Waals surface area (Å²) < 4.78 is 68.1. The molecule has 0 aliphatic carbocycles. The Morgan fingerprint density at radius 2 is 1.74 bits per heavy atom. The summed E-state index contributed by atoms with van der Waals surface area (Å²) in [6.45, 7) is 3.15. The fraction of sp³-hybridized carbons (Fsp3) is 0.321. The normalized spacial score (nSPS) is 15.9. The molecule has 1 N–H and O–H groups in total. The predicted octanol–water partition coefficient (Wildman–Crippen LogP) is 5.43. The zero-order valence-corrected chi connectivity index (χ0v) is 21.9. The molecule has 0 spiro atoms. The zero-order chi connectivity index (χ0) is 27.5. The van der Waals surface area contributed by atoms with Crippen molar-refractivity contribution in [3.8, 4) is 5.75 Å². The summed E-state index contributed by atoms with van der Waals surface area (Å²) >= 11 is 0. The number of hydrogen-bond acceptors (Lipinski definition) is 5. The molecule has 0 saturated carbocycles. The van der Waals surface area contributed by atoms with Gasteiger partial charge < -0.3 is 15.0 Å². The Hall–Kier alpha value is -3.53. The lowest BCUT2D eigenvalue weighted by atomic mass is 9.97. The Bertz CT molecular complexity index is 1390. The number of nitrogens with zero attached hydrogens (tertiary/aromatic N) is 1. The lowest BCUT2D eigenvalue weighted by Gasteiger charge is -2.22. The topological polar surface area (TPSA) is 75.7 Å². The molecule has 6 nitrogen and oxygen atoms in total. The number of carbonyl (C=O) groups is 1. The van der Waals surface area contributed by atoms with Gasteiger partial charge in [-0.25, -0.2) is 8.42 Å². The van der Waals surface area contributed by atoms with Crippen LogP contribution in [0.1, 0.15) is 46.3 Å². The second-order valence-corrected chi connectivity index (χ2v) is 11.4. The summed E-state index contributed by atoms with van der Waals surface area (Å²) in [5.74, 6) is 0.335. The highest BCUT2D eigenvalue weighted by molar-refractivity contribution is 7.91. The molecule has 0 aromatic heterocycles. The van der Waals surface area contributed by atoms with Crippen LogP contribution in [0, 0.1) is 0 Å². The molecule has 0 bridgehead atoms. The van der Waals surface area contributed by atoms with Gasteiger partial charge in [0.1, 0.15) is 5.75 Å². The maximum absolute atomic E-state index is 12.9. The Labute approximate surface area is 220 Å². The first-order valence-electron chi connectivity index (χ1n) is 12.2. The number of halogens is 3. The van der Waals surface area contributed by atoms with E-state index in [0.29, 0.717) is 24.4 Å². The number of hydrogen-bond donors (Lipinski definition) is 1. The number of ether oxygens (including phenoxy) is 1. The molecule has 10 heteroatoms. The highest BCUT2D eigenvalue weighted by Gasteiger charge is 2.31. The first-order chi connectivity index (χ1) is 18.0. The molecule has 0 radical (unpaired) electrons. The van der Waals surface area contributed by atoms with Crippen molar-refractivity contribution in [1.29, 1.82) is 0 Å². The number of alkyl halides is 3. The van der Waals surface area contributed by atoms with E-state index in [1.54, 1.807) is 31.2 Å². The molecule has 202 valence electrons. The maximum Gasteiger partial charge on any atom is 0.416 e.